The molecule has 0 bridgehead atoms. The molecule has 0 aromatic heterocycles. The summed E-state index contributed by atoms with van der Waals surface area (Å²) in [5, 5.41) is 0. The fourth-order valence-electron chi connectivity index (χ4n) is 3.43. The smallest absolute Gasteiger partial charge is 0.328 e. The molecule has 0 amide bonds. The molecule has 1 atom stereocenters. The summed E-state index contributed by atoms with van der Waals surface area (Å²) >= 11 is 3.52. The first-order valence-electron chi connectivity index (χ1n) is 8.19. The number of ether oxygens (including phenoxy) is 3. The molecule has 1 aliphatic carbocycles. The van der Waals surface area contributed by atoms with Gasteiger partial charge in [0.2, 0.25) is 0 Å². The Morgan fingerprint density at radius 1 is 1.15 bits per heavy atom. The van der Waals surface area contributed by atoms with Gasteiger partial charge in [-0.25, -0.2) is 0 Å². The summed E-state index contributed by atoms with van der Waals surface area (Å²) in [6.07, 6.45) is 7.35. The van der Waals surface area contributed by atoms with E-state index in [1.807, 2.05) is 36.4 Å². The number of methoxy groups -OCH3 is 2. The van der Waals surface area contributed by atoms with Gasteiger partial charge in [0.05, 0.1) is 14.2 Å². The number of halogens is 1. The zero-order valence-electron chi connectivity index (χ0n) is 14.5. The van der Waals surface area contributed by atoms with E-state index in [0.717, 1.165) is 10.0 Å². The molecular formula is C20H19BrO5. The number of allylic oxidation sites excluding steroid dienone is 4. The van der Waals surface area contributed by atoms with Crippen molar-refractivity contribution in [2.24, 2.45) is 5.41 Å². The molecule has 0 saturated heterocycles. The van der Waals surface area contributed by atoms with Crippen molar-refractivity contribution in [1.29, 1.82) is 0 Å². The molecule has 2 aliphatic rings. The lowest BCUT2D eigenvalue weighted by molar-refractivity contribution is -0.170. The van der Waals surface area contributed by atoms with Crippen molar-refractivity contribution >= 4 is 27.9 Å². The van der Waals surface area contributed by atoms with E-state index in [1.54, 1.807) is 12.2 Å². The van der Waals surface area contributed by atoms with Crippen molar-refractivity contribution in [2.45, 2.75) is 18.9 Å². The number of hydrogen-bond donors (Lipinski definition) is 0. The quantitative estimate of drug-likeness (QED) is 0.547. The predicted octanol–water partition coefficient (Wildman–Crippen LogP) is 4.01. The lowest BCUT2D eigenvalue weighted by Gasteiger charge is -2.39. The minimum absolute atomic E-state index is 0.0954. The predicted molar refractivity (Wildman–Crippen MR) is 99.0 cm³/mol. The minimum Gasteiger partial charge on any atom is -0.489 e. The molecule has 0 radical (unpaired) electrons. The molecule has 1 aromatic carbocycles. The maximum Gasteiger partial charge on any atom is 0.328 e. The van der Waals surface area contributed by atoms with Crippen molar-refractivity contribution in [2.75, 3.05) is 14.2 Å². The summed E-state index contributed by atoms with van der Waals surface area (Å²) in [5.41, 5.74) is -0.225. The van der Waals surface area contributed by atoms with Gasteiger partial charge in [0, 0.05) is 28.5 Å². The largest absolute Gasteiger partial charge is 0.489 e. The highest BCUT2D eigenvalue weighted by atomic mass is 79.9. The molecule has 26 heavy (non-hydrogen) atoms. The van der Waals surface area contributed by atoms with Crippen LogP contribution in [0.3, 0.4) is 0 Å². The summed E-state index contributed by atoms with van der Waals surface area (Å²) in [7, 11) is 2.55. The van der Waals surface area contributed by atoms with Crippen LogP contribution in [0.5, 0.6) is 0 Å². The van der Waals surface area contributed by atoms with Crippen LogP contribution in [0.25, 0.3) is 0 Å². The zero-order chi connectivity index (χ0) is 18.7. The number of benzene rings is 1. The fraction of sp³-hybridized carbons (Fsp3) is 0.300. The van der Waals surface area contributed by atoms with E-state index in [9.17, 15) is 9.59 Å². The van der Waals surface area contributed by atoms with Crippen LogP contribution in [0.4, 0.5) is 0 Å². The van der Waals surface area contributed by atoms with Gasteiger partial charge in [0.25, 0.3) is 0 Å². The Balaban J connectivity index is 2.20. The summed E-state index contributed by atoms with van der Waals surface area (Å²) in [6.45, 7) is 0. The molecule has 0 spiro atoms. The van der Waals surface area contributed by atoms with Gasteiger partial charge in [-0.3, -0.25) is 9.59 Å². The van der Waals surface area contributed by atoms with Crippen molar-refractivity contribution in [3.63, 3.8) is 0 Å². The molecule has 1 aliphatic heterocycles. The second-order valence-electron chi connectivity index (χ2n) is 6.05. The highest BCUT2D eigenvalue weighted by Crippen LogP contribution is 2.50. The monoisotopic (exact) mass is 418 g/mol. The van der Waals surface area contributed by atoms with E-state index < -0.39 is 23.5 Å². The number of rotatable bonds is 3. The average molecular weight is 419 g/mol. The van der Waals surface area contributed by atoms with E-state index in [2.05, 4.69) is 15.9 Å². The van der Waals surface area contributed by atoms with Gasteiger partial charge in [-0.05, 0) is 6.07 Å². The van der Waals surface area contributed by atoms with Crippen molar-refractivity contribution in [3.8, 4) is 0 Å². The number of esters is 2. The number of hydrogen-bond acceptors (Lipinski definition) is 5. The second-order valence-corrected chi connectivity index (χ2v) is 6.90. The lowest BCUT2D eigenvalue weighted by atomic mass is 9.71. The Bertz CT molecular complexity index is 805. The highest BCUT2D eigenvalue weighted by molar-refractivity contribution is 9.10. The zero-order valence-corrected chi connectivity index (χ0v) is 16.1. The molecule has 1 heterocycles. The standard InChI is InChI=1S/C20H19BrO5/c1-24-18(22)20(19(23)25-2)12-17(13-8-6-7-10-15(13)21)26-16-11-5-3-4-9-14(16)20/h3-10,17H,11-12H2,1-2H3. The van der Waals surface area contributed by atoms with E-state index in [-0.39, 0.29) is 6.42 Å². The van der Waals surface area contributed by atoms with Gasteiger partial charge in [-0.2, -0.15) is 0 Å². The van der Waals surface area contributed by atoms with E-state index >= 15 is 0 Å². The van der Waals surface area contributed by atoms with Gasteiger partial charge in [-0.15, -0.1) is 0 Å². The van der Waals surface area contributed by atoms with Gasteiger partial charge >= 0.3 is 11.9 Å². The fourth-order valence-corrected chi connectivity index (χ4v) is 3.97. The molecule has 1 unspecified atom stereocenters. The van der Waals surface area contributed by atoms with Gasteiger partial charge in [0.15, 0.2) is 5.41 Å². The lowest BCUT2D eigenvalue weighted by Crippen LogP contribution is -2.46. The van der Waals surface area contributed by atoms with Crippen LogP contribution >= 0.6 is 15.9 Å². The highest BCUT2D eigenvalue weighted by Gasteiger charge is 2.56. The van der Waals surface area contributed by atoms with Crippen LogP contribution < -0.4 is 0 Å². The Morgan fingerprint density at radius 2 is 1.85 bits per heavy atom. The third-order valence-corrected chi connectivity index (χ3v) is 5.39. The Morgan fingerprint density at radius 3 is 2.50 bits per heavy atom. The van der Waals surface area contributed by atoms with Gasteiger partial charge in [-0.1, -0.05) is 58.4 Å². The summed E-state index contributed by atoms with van der Waals surface area (Å²) in [5.74, 6) is -0.731. The normalized spacial score (nSPS) is 20.7. The molecule has 0 fully saturated rings. The summed E-state index contributed by atoms with van der Waals surface area (Å²) < 4.78 is 17.1. The first kappa shape index (κ1) is 18.5. The van der Waals surface area contributed by atoms with Crippen LogP contribution in [-0.2, 0) is 23.8 Å². The van der Waals surface area contributed by atoms with E-state index in [1.165, 1.54) is 14.2 Å². The van der Waals surface area contributed by atoms with E-state index in [0.29, 0.717) is 17.8 Å². The van der Waals surface area contributed by atoms with Crippen molar-refractivity contribution in [3.05, 3.63) is 69.9 Å². The maximum atomic E-state index is 12.8. The Kier molecular flexibility index (Phi) is 5.32. The van der Waals surface area contributed by atoms with Crippen LogP contribution in [0, 0.1) is 5.41 Å². The number of carbonyl (C=O) groups is 2. The average Bonchev–Trinajstić information content (AvgIpc) is 2.91. The first-order valence-corrected chi connectivity index (χ1v) is 8.98. The number of carbonyl (C=O) groups excluding carboxylic acids is 2. The molecule has 136 valence electrons. The first-order chi connectivity index (χ1) is 12.5. The Hall–Kier alpha value is -2.34. The summed E-state index contributed by atoms with van der Waals surface area (Å²) in [6, 6.07) is 7.58. The maximum absolute atomic E-state index is 12.8. The van der Waals surface area contributed by atoms with Gasteiger partial charge in [0.1, 0.15) is 11.9 Å². The topological polar surface area (TPSA) is 61.8 Å². The molecule has 6 heteroatoms. The van der Waals surface area contributed by atoms with Crippen LogP contribution in [0.2, 0.25) is 0 Å². The SMILES string of the molecule is COC(=O)C1(C(=O)OC)CC(c2ccccc2Br)OC2=C1C=CC=CC2. The Labute approximate surface area is 160 Å². The second kappa shape index (κ2) is 7.50. The molecular weight excluding hydrogens is 400 g/mol. The molecule has 3 rings (SSSR count). The molecule has 0 N–H and O–H groups in total. The molecule has 0 saturated carbocycles. The summed E-state index contributed by atoms with van der Waals surface area (Å²) in [4.78, 5) is 25.7. The van der Waals surface area contributed by atoms with Crippen LogP contribution in [0.15, 0.2) is 64.4 Å². The van der Waals surface area contributed by atoms with Crippen molar-refractivity contribution < 1.29 is 23.8 Å². The third-order valence-electron chi connectivity index (χ3n) is 4.67. The molecule has 5 nitrogen and oxygen atoms in total. The third kappa shape index (κ3) is 2.98. The van der Waals surface area contributed by atoms with Crippen molar-refractivity contribution in [1.82, 2.24) is 0 Å². The minimum atomic E-state index is -1.57. The van der Waals surface area contributed by atoms with Crippen LogP contribution in [0.1, 0.15) is 24.5 Å². The molecule has 1 aromatic rings. The van der Waals surface area contributed by atoms with E-state index in [4.69, 9.17) is 14.2 Å². The van der Waals surface area contributed by atoms with Gasteiger partial charge < -0.3 is 14.2 Å². The van der Waals surface area contributed by atoms with Crippen LogP contribution in [-0.4, -0.2) is 26.2 Å².